The molecule has 3 atom stereocenters. The Morgan fingerprint density at radius 2 is 1.21 bits per heavy atom. The lowest BCUT2D eigenvalue weighted by Gasteiger charge is -2.05. The van der Waals surface area contributed by atoms with Crippen molar-refractivity contribution < 1.29 is 35.5 Å². The van der Waals surface area contributed by atoms with E-state index in [9.17, 15) is 18.8 Å². The fraction of sp³-hybridized carbons (Fsp3) is 0.207. The minimum Gasteiger partial charge on any atom is -0.480 e. The van der Waals surface area contributed by atoms with Gasteiger partial charge in [0.05, 0.1) is 0 Å². The Hall–Kier alpha value is -4.14. The number of nitrogens with one attached hydrogen (secondary N) is 1. The Morgan fingerprint density at radius 1 is 0.767 bits per heavy atom. The number of aromatic nitrogens is 1. The molecule has 0 radical (unpaired) electrons. The molecular weight excluding hydrogens is 601 g/mol. The predicted octanol–water partition coefficient (Wildman–Crippen LogP) is 3.00. The molecule has 12 N–H and O–H groups in total. The van der Waals surface area contributed by atoms with Crippen molar-refractivity contribution in [2.45, 2.75) is 37.4 Å². The van der Waals surface area contributed by atoms with Crippen LogP contribution in [0.15, 0.2) is 72.9 Å². The Balaban J connectivity index is 0.000000622. The van der Waals surface area contributed by atoms with Crippen molar-refractivity contribution in [3.63, 3.8) is 0 Å². The van der Waals surface area contributed by atoms with Crippen molar-refractivity contribution >= 4 is 59.6 Å². The number of benzene rings is 3. The molecule has 0 spiro atoms. The highest BCUT2D eigenvalue weighted by Gasteiger charge is 2.15. The number of aromatic amines is 1. The molecule has 232 valence electrons. The SMILES string of the molecule is NC(Cc1c[nH]c2cc(F)ccc12)C(=O)O.NC(Cc1ccc(Cl)cc1)C(=O)O.Nc1ccc(C[C@H](N)C(=O)O)cc1.S.[H+]. The van der Waals surface area contributed by atoms with Gasteiger partial charge in [-0.1, -0.05) is 35.9 Å². The van der Waals surface area contributed by atoms with Gasteiger partial charge in [0.15, 0.2) is 0 Å². The maximum absolute atomic E-state index is 12.9. The summed E-state index contributed by atoms with van der Waals surface area (Å²) in [5, 5.41) is 27.2. The molecule has 4 rings (SSSR count). The van der Waals surface area contributed by atoms with Crippen LogP contribution in [0.2, 0.25) is 5.02 Å². The minimum absolute atomic E-state index is 0. The fourth-order valence-corrected chi connectivity index (χ4v) is 3.73. The number of nitrogens with two attached hydrogens (primary N) is 4. The van der Waals surface area contributed by atoms with Crippen LogP contribution in [-0.2, 0) is 33.6 Å². The molecule has 0 bridgehead atoms. The van der Waals surface area contributed by atoms with E-state index >= 15 is 0 Å². The first-order valence-electron chi connectivity index (χ1n) is 12.6. The molecule has 0 saturated heterocycles. The molecule has 2 unspecified atom stereocenters. The third kappa shape index (κ3) is 12.7. The van der Waals surface area contributed by atoms with Crippen LogP contribution in [0.3, 0.4) is 0 Å². The summed E-state index contributed by atoms with van der Waals surface area (Å²) < 4.78 is 12.9. The Labute approximate surface area is 260 Å². The van der Waals surface area contributed by atoms with Crippen molar-refractivity contribution in [1.82, 2.24) is 4.98 Å². The molecular formula is C29H36ClFN5O6S+. The summed E-state index contributed by atoms with van der Waals surface area (Å²) in [6.45, 7) is 0. The number of rotatable bonds is 9. The molecule has 0 aliphatic heterocycles. The smallest absolute Gasteiger partial charge is 0.480 e. The van der Waals surface area contributed by atoms with Crippen molar-refractivity contribution in [3.05, 3.63) is 100 Å². The topological polar surface area (TPSA) is 232 Å². The number of hydrogen-bond acceptors (Lipinski definition) is 7. The van der Waals surface area contributed by atoms with Gasteiger partial charge in [0, 0.05) is 34.2 Å². The molecule has 1 aromatic heterocycles. The Morgan fingerprint density at radius 3 is 1.67 bits per heavy atom. The van der Waals surface area contributed by atoms with E-state index in [-0.39, 0.29) is 27.2 Å². The first kappa shape index (κ1) is 36.9. The van der Waals surface area contributed by atoms with E-state index in [0.29, 0.717) is 29.1 Å². The van der Waals surface area contributed by atoms with Gasteiger partial charge < -0.3 is 43.2 Å². The third-order valence-electron chi connectivity index (χ3n) is 5.93. The number of aliphatic carboxylic acids is 3. The number of halogens is 2. The first-order chi connectivity index (χ1) is 19.8. The van der Waals surface area contributed by atoms with Crippen molar-refractivity contribution in [2.24, 2.45) is 17.2 Å². The molecule has 11 nitrogen and oxygen atoms in total. The highest BCUT2D eigenvalue weighted by atomic mass is 35.5. The molecule has 3 aromatic carbocycles. The van der Waals surface area contributed by atoms with E-state index in [0.717, 1.165) is 22.1 Å². The van der Waals surface area contributed by atoms with Crippen LogP contribution in [0.4, 0.5) is 10.1 Å². The summed E-state index contributed by atoms with van der Waals surface area (Å²) in [7, 11) is 0. The van der Waals surface area contributed by atoms with E-state index in [1.165, 1.54) is 12.1 Å². The van der Waals surface area contributed by atoms with Crippen LogP contribution in [-0.4, -0.2) is 56.3 Å². The minimum atomic E-state index is -1.04. The summed E-state index contributed by atoms with van der Waals surface area (Å²) in [5.74, 6) is -3.35. The first-order valence-corrected chi connectivity index (χ1v) is 12.9. The lowest BCUT2D eigenvalue weighted by molar-refractivity contribution is -0.139. The molecule has 0 aliphatic carbocycles. The van der Waals surface area contributed by atoms with E-state index in [2.05, 4.69) is 4.98 Å². The largest absolute Gasteiger partial charge is 1.00 e. The number of carboxylic acid groups (broad SMARTS) is 3. The molecule has 0 fully saturated rings. The molecule has 1 heterocycles. The number of nitrogen functional groups attached to an aromatic ring is 1. The van der Waals surface area contributed by atoms with Crippen LogP contribution in [0.1, 0.15) is 18.1 Å². The Bertz CT molecular complexity index is 1430. The van der Waals surface area contributed by atoms with E-state index < -0.39 is 36.0 Å². The van der Waals surface area contributed by atoms with Crippen LogP contribution in [0.5, 0.6) is 0 Å². The maximum atomic E-state index is 12.9. The lowest BCUT2D eigenvalue weighted by atomic mass is 10.1. The van der Waals surface area contributed by atoms with Gasteiger partial charge in [-0.3, -0.25) is 14.4 Å². The lowest BCUT2D eigenvalue weighted by Crippen LogP contribution is -2.32. The second-order valence-electron chi connectivity index (χ2n) is 9.32. The quantitative estimate of drug-likeness (QED) is 0.125. The number of hydrogen-bond donors (Lipinski definition) is 8. The maximum Gasteiger partial charge on any atom is 1.00 e. The van der Waals surface area contributed by atoms with Gasteiger partial charge in [-0.15, -0.1) is 0 Å². The van der Waals surface area contributed by atoms with Crippen LogP contribution < -0.4 is 22.9 Å². The third-order valence-corrected chi connectivity index (χ3v) is 6.18. The summed E-state index contributed by atoms with van der Waals surface area (Å²) in [6, 6.07) is 15.7. The molecule has 0 amide bonds. The molecule has 4 aromatic rings. The standard InChI is InChI=1S/C11H11FN2O2.C9H10ClNO2.C9H12N2O2.H2S/c12-7-1-2-8-6(3-9(13)11(15)16)5-14-10(8)4-7;2*10-7-3-1-6(2-4-7)5-8(11)9(12)13;/h1-2,4-5,9,14H,3,13H2,(H,15,16);1-4,8H,5,11H2,(H,12,13);1-4,8H,5,10-11H2,(H,12,13);1H2/p+1/t;;8-;/m..0./s1. The van der Waals surface area contributed by atoms with E-state index in [1.54, 1.807) is 60.8 Å². The van der Waals surface area contributed by atoms with E-state index in [4.69, 9.17) is 49.9 Å². The normalized spacial score (nSPS) is 12.3. The second-order valence-corrected chi connectivity index (χ2v) is 9.75. The van der Waals surface area contributed by atoms with E-state index in [1.807, 2.05) is 0 Å². The van der Waals surface area contributed by atoms with Crippen LogP contribution in [0.25, 0.3) is 10.9 Å². The average molecular weight is 637 g/mol. The summed E-state index contributed by atoms with van der Waals surface area (Å²) in [4.78, 5) is 34.3. The fourth-order valence-electron chi connectivity index (χ4n) is 3.61. The van der Waals surface area contributed by atoms with Gasteiger partial charge in [-0.2, -0.15) is 13.5 Å². The number of carbonyl (C=O) groups is 3. The molecule has 0 aliphatic rings. The zero-order chi connectivity index (χ0) is 31.4. The average Bonchev–Trinajstić information content (AvgIpc) is 3.33. The zero-order valence-electron chi connectivity index (χ0n) is 23.9. The second kappa shape index (κ2) is 17.7. The summed E-state index contributed by atoms with van der Waals surface area (Å²) in [6.07, 6.45) is 2.54. The highest BCUT2D eigenvalue weighted by molar-refractivity contribution is 7.59. The van der Waals surface area contributed by atoms with Gasteiger partial charge in [-0.05, 0) is 72.0 Å². The number of fused-ring (bicyclic) bond motifs is 1. The van der Waals surface area contributed by atoms with Gasteiger partial charge in [-0.25, -0.2) is 4.39 Å². The van der Waals surface area contributed by atoms with Crippen molar-refractivity contribution in [2.75, 3.05) is 5.73 Å². The zero-order valence-corrected chi connectivity index (χ0v) is 24.7. The van der Waals surface area contributed by atoms with Crippen molar-refractivity contribution in [1.29, 1.82) is 0 Å². The molecule has 0 saturated carbocycles. The molecule has 14 heteroatoms. The summed E-state index contributed by atoms with van der Waals surface area (Å²) >= 11 is 5.66. The number of H-pyrrole nitrogens is 1. The number of anilines is 1. The van der Waals surface area contributed by atoms with Gasteiger partial charge in [0.2, 0.25) is 0 Å². The van der Waals surface area contributed by atoms with Crippen LogP contribution in [0, 0.1) is 5.82 Å². The van der Waals surface area contributed by atoms with Crippen molar-refractivity contribution in [3.8, 4) is 0 Å². The number of carboxylic acids is 3. The van der Waals surface area contributed by atoms with Gasteiger partial charge >= 0.3 is 19.3 Å². The predicted molar refractivity (Wildman–Crippen MR) is 170 cm³/mol. The van der Waals surface area contributed by atoms with Gasteiger partial charge in [0.25, 0.3) is 0 Å². The van der Waals surface area contributed by atoms with Crippen LogP contribution >= 0.6 is 25.1 Å². The monoisotopic (exact) mass is 636 g/mol. The molecule has 43 heavy (non-hydrogen) atoms. The summed E-state index contributed by atoms with van der Waals surface area (Å²) in [5.41, 5.74) is 25.5. The highest BCUT2D eigenvalue weighted by Crippen LogP contribution is 2.20. The van der Waals surface area contributed by atoms with Gasteiger partial charge in [0.1, 0.15) is 23.9 Å². The Kier molecular flexibility index (Phi) is 15.2.